The Hall–Kier alpha value is -0.910. The SMILES string of the molecule is CC(N)C(c1cccs1)N1CCCCC1C(N)=O. The molecule has 0 aromatic carbocycles. The molecule has 5 heteroatoms. The van der Waals surface area contributed by atoms with Crippen molar-refractivity contribution >= 4 is 17.2 Å². The predicted octanol–water partition coefficient (Wildman–Crippen LogP) is 1.48. The summed E-state index contributed by atoms with van der Waals surface area (Å²) in [5, 5.41) is 2.05. The number of piperidine rings is 1. The van der Waals surface area contributed by atoms with E-state index in [1.54, 1.807) is 11.3 Å². The first kappa shape index (κ1) is 13.5. The van der Waals surface area contributed by atoms with Crippen molar-refractivity contribution in [3.05, 3.63) is 22.4 Å². The Labute approximate surface area is 112 Å². The van der Waals surface area contributed by atoms with Gasteiger partial charge in [-0.05, 0) is 37.8 Å². The highest BCUT2D eigenvalue weighted by molar-refractivity contribution is 7.10. The average Bonchev–Trinajstić information content (AvgIpc) is 2.83. The van der Waals surface area contributed by atoms with E-state index in [4.69, 9.17) is 11.5 Å². The number of carbonyl (C=O) groups excluding carboxylic acids is 1. The second-order valence-electron chi connectivity index (χ2n) is 4.97. The largest absolute Gasteiger partial charge is 0.368 e. The number of rotatable bonds is 4. The normalized spacial score (nSPS) is 24.7. The van der Waals surface area contributed by atoms with Crippen LogP contribution in [0.3, 0.4) is 0 Å². The number of nitrogens with two attached hydrogens (primary N) is 2. The van der Waals surface area contributed by atoms with Gasteiger partial charge in [0.15, 0.2) is 0 Å². The molecule has 1 aliphatic rings. The highest BCUT2D eigenvalue weighted by atomic mass is 32.1. The molecule has 3 unspecified atom stereocenters. The predicted molar refractivity (Wildman–Crippen MR) is 74.2 cm³/mol. The van der Waals surface area contributed by atoms with Gasteiger partial charge in [0, 0.05) is 10.9 Å². The van der Waals surface area contributed by atoms with Crippen LogP contribution in [-0.2, 0) is 4.79 Å². The van der Waals surface area contributed by atoms with Gasteiger partial charge in [-0.15, -0.1) is 11.3 Å². The molecule has 0 aliphatic carbocycles. The highest BCUT2D eigenvalue weighted by Gasteiger charge is 2.35. The van der Waals surface area contributed by atoms with E-state index < -0.39 is 0 Å². The maximum absolute atomic E-state index is 11.6. The van der Waals surface area contributed by atoms with E-state index in [-0.39, 0.29) is 24.0 Å². The molecule has 4 N–H and O–H groups in total. The zero-order valence-electron chi connectivity index (χ0n) is 10.7. The quantitative estimate of drug-likeness (QED) is 0.868. The van der Waals surface area contributed by atoms with Gasteiger partial charge in [-0.3, -0.25) is 9.69 Å². The van der Waals surface area contributed by atoms with Crippen LogP contribution < -0.4 is 11.5 Å². The summed E-state index contributed by atoms with van der Waals surface area (Å²) in [5.74, 6) is -0.225. The van der Waals surface area contributed by atoms with E-state index in [1.807, 2.05) is 18.4 Å². The number of primary amides is 1. The van der Waals surface area contributed by atoms with Crippen LogP contribution in [0, 0.1) is 0 Å². The Kier molecular flexibility index (Phi) is 4.37. The summed E-state index contributed by atoms with van der Waals surface area (Å²) < 4.78 is 0. The number of likely N-dealkylation sites (tertiary alicyclic amines) is 1. The van der Waals surface area contributed by atoms with Gasteiger partial charge in [0.2, 0.25) is 5.91 Å². The summed E-state index contributed by atoms with van der Waals surface area (Å²) in [7, 11) is 0. The molecular formula is C13H21N3OS. The Morgan fingerprint density at radius 1 is 1.56 bits per heavy atom. The summed E-state index contributed by atoms with van der Waals surface area (Å²) in [4.78, 5) is 15.0. The molecule has 0 bridgehead atoms. The lowest BCUT2D eigenvalue weighted by Gasteiger charge is -2.41. The van der Waals surface area contributed by atoms with E-state index in [0.717, 1.165) is 25.8 Å². The Bertz CT molecular complexity index is 391. The minimum absolute atomic E-state index is 0.0106. The molecule has 1 saturated heterocycles. The van der Waals surface area contributed by atoms with Crippen molar-refractivity contribution in [1.82, 2.24) is 4.90 Å². The van der Waals surface area contributed by atoms with Gasteiger partial charge in [-0.25, -0.2) is 0 Å². The van der Waals surface area contributed by atoms with E-state index in [2.05, 4.69) is 11.0 Å². The Morgan fingerprint density at radius 2 is 2.33 bits per heavy atom. The minimum Gasteiger partial charge on any atom is -0.368 e. The van der Waals surface area contributed by atoms with Gasteiger partial charge < -0.3 is 11.5 Å². The van der Waals surface area contributed by atoms with Crippen molar-refractivity contribution in [1.29, 1.82) is 0 Å². The molecule has 0 spiro atoms. The van der Waals surface area contributed by atoms with Gasteiger partial charge in [-0.2, -0.15) is 0 Å². The smallest absolute Gasteiger partial charge is 0.234 e. The molecule has 3 atom stereocenters. The summed E-state index contributed by atoms with van der Waals surface area (Å²) in [5.41, 5.74) is 11.7. The molecule has 1 aromatic rings. The fourth-order valence-electron chi connectivity index (χ4n) is 2.78. The monoisotopic (exact) mass is 267 g/mol. The first-order chi connectivity index (χ1) is 8.61. The lowest BCUT2D eigenvalue weighted by Crippen LogP contribution is -2.52. The zero-order chi connectivity index (χ0) is 13.1. The van der Waals surface area contributed by atoms with Gasteiger partial charge in [0.25, 0.3) is 0 Å². The zero-order valence-corrected chi connectivity index (χ0v) is 11.5. The first-order valence-electron chi connectivity index (χ1n) is 6.45. The van der Waals surface area contributed by atoms with Crippen LogP contribution >= 0.6 is 11.3 Å². The molecule has 0 saturated carbocycles. The maximum atomic E-state index is 11.6. The summed E-state index contributed by atoms with van der Waals surface area (Å²) in [6, 6.07) is 4.03. The maximum Gasteiger partial charge on any atom is 0.234 e. The number of nitrogens with zero attached hydrogens (tertiary/aromatic N) is 1. The van der Waals surface area contributed by atoms with Gasteiger partial charge >= 0.3 is 0 Å². The summed E-state index contributed by atoms with van der Waals surface area (Å²) in [6.45, 7) is 2.90. The van der Waals surface area contributed by atoms with Crippen molar-refractivity contribution < 1.29 is 4.79 Å². The second-order valence-corrected chi connectivity index (χ2v) is 5.95. The number of hydrogen-bond donors (Lipinski definition) is 2. The standard InChI is InChI=1S/C13H21N3OS/c1-9(14)12(11-6-4-8-18-11)16-7-3-2-5-10(16)13(15)17/h4,6,8-10,12H,2-3,5,7,14H2,1H3,(H2,15,17). The Balaban J connectivity index is 2.26. The third-order valence-electron chi connectivity index (χ3n) is 3.56. The molecule has 1 aromatic heterocycles. The number of thiophene rings is 1. The average molecular weight is 267 g/mol. The van der Waals surface area contributed by atoms with Gasteiger partial charge in [0.05, 0.1) is 12.1 Å². The lowest BCUT2D eigenvalue weighted by molar-refractivity contribution is -0.125. The summed E-state index contributed by atoms with van der Waals surface area (Å²) in [6.07, 6.45) is 3.03. The van der Waals surface area contributed by atoms with Crippen LogP contribution in [-0.4, -0.2) is 29.4 Å². The van der Waals surface area contributed by atoms with Crippen molar-refractivity contribution in [2.75, 3.05) is 6.54 Å². The van der Waals surface area contributed by atoms with E-state index in [9.17, 15) is 4.79 Å². The van der Waals surface area contributed by atoms with Crippen molar-refractivity contribution in [2.45, 2.75) is 44.3 Å². The Morgan fingerprint density at radius 3 is 2.89 bits per heavy atom. The van der Waals surface area contributed by atoms with Crippen molar-refractivity contribution in [3.8, 4) is 0 Å². The third-order valence-corrected chi connectivity index (χ3v) is 4.51. The molecule has 2 heterocycles. The molecule has 100 valence electrons. The van der Waals surface area contributed by atoms with Gasteiger partial charge in [0.1, 0.15) is 0 Å². The third kappa shape index (κ3) is 2.74. The fraction of sp³-hybridized carbons (Fsp3) is 0.615. The van der Waals surface area contributed by atoms with E-state index in [0.29, 0.717) is 0 Å². The lowest BCUT2D eigenvalue weighted by atomic mass is 9.96. The molecule has 0 radical (unpaired) electrons. The van der Waals surface area contributed by atoms with Crippen molar-refractivity contribution in [3.63, 3.8) is 0 Å². The van der Waals surface area contributed by atoms with E-state index in [1.165, 1.54) is 4.88 Å². The van der Waals surface area contributed by atoms with Crippen LogP contribution in [0.2, 0.25) is 0 Å². The number of amides is 1. The fourth-order valence-corrected chi connectivity index (χ4v) is 3.74. The van der Waals surface area contributed by atoms with Crippen molar-refractivity contribution in [2.24, 2.45) is 11.5 Å². The van der Waals surface area contributed by atoms with Crippen LogP contribution in [0.4, 0.5) is 0 Å². The number of carbonyl (C=O) groups is 1. The summed E-state index contributed by atoms with van der Waals surface area (Å²) >= 11 is 1.69. The molecule has 4 nitrogen and oxygen atoms in total. The molecule has 1 fully saturated rings. The molecular weight excluding hydrogens is 246 g/mol. The first-order valence-corrected chi connectivity index (χ1v) is 7.33. The highest BCUT2D eigenvalue weighted by Crippen LogP contribution is 2.32. The minimum atomic E-state index is -0.225. The molecule has 1 amide bonds. The van der Waals surface area contributed by atoms with Crippen LogP contribution in [0.25, 0.3) is 0 Å². The second kappa shape index (κ2) is 5.82. The van der Waals surface area contributed by atoms with Crippen LogP contribution in [0.1, 0.15) is 37.1 Å². The molecule has 1 aliphatic heterocycles. The van der Waals surface area contributed by atoms with E-state index >= 15 is 0 Å². The topological polar surface area (TPSA) is 72.3 Å². The van der Waals surface area contributed by atoms with Crippen LogP contribution in [0.5, 0.6) is 0 Å². The van der Waals surface area contributed by atoms with Crippen LogP contribution in [0.15, 0.2) is 17.5 Å². The van der Waals surface area contributed by atoms with Gasteiger partial charge in [-0.1, -0.05) is 12.5 Å². The molecule has 18 heavy (non-hydrogen) atoms. The number of hydrogen-bond acceptors (Lipinski definition) is 4. The molecule has 2 rings (SSSR count).